The molecule has 0 atom stereocenters. The van der Waals surface area contributed by atoms with Crippen molar-refractivity contribution in [2.45, 2.75) is 0 Å². The van der Waals surface area contributed by atoms with Crippen LogP contribution in [0.3, 0.4) is 0 Å². The van der Waals surface area contributed by atoms with Gasteiger partial charge < -0.3 is 10.1 Å². The van der Waals surface area contributed by atoms with E-state index in [0.717, 1.165) is 10.6 Å². The minimum absolute atomic E-state index is 0.196. The number of nitrogens with zero attached hydrogens (tertiary/aromatic N) is 1. The number of hydrogen-bond donors (Lipinski definition) is 1. The molecule has 0 saturated carbocycles. The van der Waals surface area contributed by atoms with Gasteiger partial charge in [-0.15, -0.1) is 0 Å². The molecule has 0 aromatic heterocycles. The summed E-state index contributed by atoms with van der Waals surface area (Å²) in [6.07, 6.45) is 1.07. The molecule has 134 valence electrons. The first kappa shape index (κ1) is 18.7. The molecular weight excluding hydrogens is 347 g/mol. The van der Waals surface area contributed by atoms with Gasteiger partial charge in [-0.05, 0) is 36.4 Å². The molecule has 0 heterocycles. The quantitative estimate of drug-likeness (QED) is 0.761. The summed E-state index contributed by atoms with van der Waals surface area (Å²) >= 11 is 0. The predicted octanol–water partition coefficient (Wildman–Crippen LogP) is 2.03. The molecule has 0 aliphatic carbocycles. The number of nitrogens with one attached hydrogen (secondary N) is 1. The van der Waals surface area contributed by atoms with Gasteiger partial charge >= 0.3 is 0 Å². The Morgan fingerprint density at radius 3 is 2.44 bits per heavy atom. The number of benzene rings is 2. The lowest BCUT2D eigenvalue weighted by Gasteiger charge is -2.19. The number of carbonyl (C=O) groups is 1. The molecule has 0 radical (unpaired) electrons. The standard InChI is InChI=1S/C17H19FN2O4S/c1-20(25(2,22)23)16-6-4-3-5-15(16)17(21)19-11-12-24-14-9-7-13(18)8-10-14/h3-10H,11-12H2,1-2H3,(H,19,21). The Labute approximate surface area is 146 Å². The molecule has 2 aromatic rings. The van der Waals surface area contributed by atoms with Crippen LogP contribution in [-0.4, -0.2) is 40.8 Å². The number of amides is 1. The molecule has 6 nitrogen and oxygen atoms in total. The highest BCUT2D eigenvalue weighted by Gasteiger charge is 2.19. The monoisotopic (exact) mass is 366 g/mol. The van der Waals surface area contributed by atoms with Crippen molar-refractivity contribution in [3.63, 3.8) is 0 Å². The Hall–Kier alpha value is -2.61. The van der Waals surface area contributed by atoms with E-state index in [9.17, 15) is 17.6 Å². The molecule has 0 saturated heterocycles. The zero-order chi connectivity index (χ0) is 18.4. The largest absolute Gasteiger partial charge is 0.492 e. The van der Waals surface area contributed by atoms with Crippen LogP contribution in [0.5, 0.6) is 5.75 Å². The summed E-state index contributed by atoms with van der Waals surface area (Å²) in [5.41, 5.74) is 0.541. The van der Waals surface area contributed by atoms with E-state index in [1.165, 1.54) is 31.3 Å². The van der Waals surface area contributed by atoms with Crippen molar-refractivity contribution in [2.24, 2.45) is 0 Å². The van der Waals surface area contributed by atoms with Crippen LogP contribution in [0, 0.1) is 5.82 Å². The van der Waals surface area contributed by atoms with Gasteiger partial charge in [-0.25, -0.2) is 12.8 Å². The van der Waals surface area contributed by atoms with Gasteiger partial charge in [-0.3, -0.25) is 9.10 Å². The molecular formula is C17H19FN2O4S. The summed E-state index contributed by atoms with van der Waals surface area (Å²) in [5, 5.41) is 2.67. The number of hydrogen-bond acceptors (Lipinski definition) is 4. The summed E-state index contributed by atoms with van der Waals surface area (Å²) < 4.78 is 42.6. The summed E-state index contributed by atoms with van der Waals surface area (Å²) in [4.78, 5) is 12.3. The number of sulfonamides is 1. The Morgan fingerprint density at radius 2 is 1.80 bits per heavy atom. The van der Waals surface area contributed by atoms with Crippen LogP contribution in [0.15, 0.2) is 48.5 Å². The molecule has 0 bridgehead atoms. The van der Waals surface area contributed by atoms with Crippen LogP contribution >= 0.6 is 0 Å². The highest BCUT2D eigenvalue weighted by molar-refractivity contribution is 7.92. The van der Waals surface area contributed by atoms with Crippen molar-refractivity contribution in [3.8, 4) is 5.75 Å². The summed E-state index contributed by atoms with van der Waals surface area (Å²) in [6, 6.07) is 12.0. The SMILES string of the molecule is CN(c1ccccc1C(=O)NCCOc1ccc(F)cc1)S(C)(=O)=O. The lowest BCUT2D eigenvalue weighted by molar-refractivity contribution is 0.0947. The number of anilines is 1. The van der Waals surface area contributed by atoms with Gasteiger partial charge in [-0.2, -0.15) is 0 Å². The molecule has 0 aliphatic heterocycles. The maximum absolute atomic E-state index is 12.8. The van der Waals surface area contributed by atoms with Gasteiger partial charge in [0.1, 0.15) is 18.2 Å². The molecule has 2 aromatic carbocycles. The second kappa shape index (κ2) is 7.98. The van der Waals surface area contributed by atoms with Gasteiger partial charge in [0.15, 0.2) is 0 Å². The average Bonchev–Trinajstić information content (AvgIpc) is 2.58. The molecule has 2 rings (SSSR count). The first-order chi connectivity index (χ1) is 11.8. The Balaban J connectivity index is 1.96. The van der Waals surface area contributed by atoms with E-state index in [4.69, 9.17) is 4.74 Å². The lowest BCUT2D eigenvalue weighted by atomic mass is 10.1. The first-order valence-electron chi connectivity index (χ1n) is 7.48. The smallest absolute Gasteiger partial charge is 0.253 e. The molecule has 0 fully saturated rings. The molecule has 25 heavy (non-hydrogen) atoms. The number of rotatable bonds is 7. The van der Waals surface area contributed by atoms with Gasteiger partial charge in [0.25, 0.3) is 5.91 Å². The van der Waals surface area contributed by atoms with Crippen LogP contribution in [-0.2, 0) is 10.0 Å². The highest BCUT2D eigenvalue weighted by atomic mass is 32.2. The van der Waals surface area contributed by atoms with Crippen molar-refractivity contribution >= 4 is 21.6 Å². The zero-order valence-corrected chi connectivity index (χ0v) is 14.7. The van der Waals surface area contributed by atoms with Crippen LogP contribution in [0.4, 0.5) is 10.1 Å². The van der Waals surface area contributed by atoms with Gasteiger partial charge in [-0.1, -0.05) is 12.1 Å². The van der Waals surface area contributed by atoms with Crippen molar-refractivity contribution in [3.05, 3.63) is 59.9 Å². The van der Waals surface area contributed by atoms with Gasteiger partial charge in [0.05, 0.1) is 24.1 Å². The lowest BCUT2D eigenvalue weighted by Crippen LogP contribution is -2.31. The zero-order valence-electron chi connectivity index (χ0n) is 13.9. The topological polar surface area (TPSA) is 75.7 Å². The molecule has 0 unspecified atom stereocenters. The molecule has 1 amide bonds. The summed E-state index contributed by atoms with van der Waals surface area (Å²) in [7, 11) is -2.09. The average molecular weight is 366 g/mol. The maximum atomic E-state index is 12.8. The minimum Gasteiger partial charge on any atom is -0.492 e. The Kier molecular flexibility index (Phi) is 5.97. The fourth-order valence-corrected chi connectivity index (χ4v) is 2.59. The molecule has 1 N–H and O–H groups in total. The number of halogens is 1. The maximum Gasteiger partial charge on any atom is 0.253 e. The molecule has 8 heteroatoms. The van der Waals surface area contributed by atoms with E-state index in [1.54, 1.807) is 24.3 Å². The van der Waals surface area contributed by atoms with E-state index in [-0.39, 0.29) is 24.5 Å². The summed E-state index contributed by atoms with van der Waals surface area (Å²) in [5.74, 6) is -0.270. The third-order valence-corrected chi connectivity index (χ3v) is 4.65. The van der Waals surface area contributed by atoms with E-state index >= 15 is 0 Å². The predicted molar refractivity (Wildman–Crippen MR) is 93.9 cm³/mol. The van der Waals surface area contributed by atoms with Crippen LogP contribution in [0.2, 0.25) is 0 Å². The molecule has 0 spiro atoms. The van der Waals surface area contributed by atoms with Crippen molar-refractivity contribution in [1.29, 1.82) is 0 Å². The molecule has 0 aliphatic rings. The highest BCUT2D eigenvalue weighted by Crippen LogP contribution is 2.21. The van der Waals surface area contributed by atoms with E-state index in [0.29, 0.717) is 11.4 Å². The first-order valence-corrected chi connectivity index (χ1v) is 9.33. The van der Waals surface area contributed by atoms with Crippen molar-refractivity contribution in [1.82, 2.24) is 5.32 Å². The van der Waals surface area contributed by atoms with Crippen LogP contribution in [0.1, 0.15) is 10.4 Å². The Morgan fingerprint density at radius 1 is 1.16 bits per heavy atom. The van der Waals surface area contributed by atoms with E-state index < -0.39 is 15.9 Å². The van der Waals surface area contributed by atoms with Crippen LogP contribution < -0.4 is 14.4 Å². The third-order valence-electron chi connectivity index (χ3n) is 3.46. The van der Waals surface area contributed by atoms with Crippen LogP contribution in [0.25, 0.3) is 0 Å². The second-order valence-electron chi connectivity index (χ2n) is 5.31. The number of ether oxygens (including phenoxy) is 1. The minimum atomic E-state index is -3.48. The van der Waals surface area contributed by atoms with E-state index in [1.807, 2.05) is 0 Å². The van der Waals surface area contributed by atoms with Gasteiger partial charge in [0.2, 0.25) is 10.0 Å². The number of carbonyl (C=O) groups excluding carboxylic acids is 1. The normalized spacial score (nSPS) is 11.0. The fourth-order valence-electron chi connectivity index (χ4n) is 2.08. The third kappa shape index (κ3) is 5.18. The summed E-state index contributed by atoms with van der Waals surface area (Å²) in [6.45, 7) is 0.411. The fraction of sp³-hybridized carbons (Fsp3) is 0.235. The second-order valence-corrected chi connectivity index (χ2v) is 7.32. The van der Waals surface area contributed by atoms with Gasteiger partial charge in [0, 0.05) is 7.05 Å². The van der Waals surface area contributed by atoms with Crippen molar-refractivity contribution < 1.29 is 22.3 Å². The number of para-hydroxylation sites is 1. The Bertz CT molecular complexity index is 838. The van der Waals surface area contributed by atoms with E-state index in [2.05, 4.69) is 5.32 Å². The van der Waals surface area contributed by atoms with Crippen molar-refractivity contribution in [2.75, 3.05) is 30.8 Å².